The molecule has 0 radical (unpaired) electrons. The van der Waals surface area contributed by atoms with Crippen molar-refractivity contribution in [1.82, 2.24) is 10.1 Å². The van der Waals surface area contributed by atoms with Crippen molar-refractivity contribution < 1.29 is 14.1 Å². The van der Waals surface area contributed by atoms with Crippen LogP contribution in [0.1, 0.15) is 32.9 Å². The third-order valence-corrected chi connectivity index (χ3v) is 5.95. The number of rotatable bonds is 7. The molecule has 0 fully saturated rings. The van der Waals surface area contributed by atoms with Gasteiger partial charge in [0, 0.05) is 23.2 Å². The van der Waals surface area contributed by atoms with Crippen molar-refractivity contribution in [3.63, 3.8) is 0 Å². The fourth-order valence-corrected chi connectivity index (χ4v) is 4.22. The number of benzene rings is 2. The molecule has 4 rings (SSSR count). The molecule has 4 aromatic rings. The minimum absolute atomic E-state index is 0.216. The number of aromatic nitrogens is 2. The molecule has 162 valence electrons. The van der Waals surface area contributed by atoms with Gasteiger partial charge in [-0.05, 0) is 69.3 Å². The van der Waals surface area contributed by atoms with Gasteiger partial charge in [-0.2, -0.15) is 0 Å². The minimum atomic E-state index is -0.216. The van der Waals surface area contributed by atoms with Crippen LogP contribution in [-0.2, 0) is 5.75 Å². The first-order valence-corrected chi connectivity index (χ1v) is 11.1. The average molecular weight is 446 g/mol. The number of nitrogens with one attached hydrogen (secondary N) is 1. The summed E-state index contributed by atoms with van der Waals surface area (Å²) in [5.74, 6) is 2.66. The summed E-state index contributed by atoms with van der Waals surface area (Å²) < 4.78 is 11.1. The highest BCUT2D eigenvalue weighted by atomic mass is 32.2. The summed E-state index contributed by atoms with van der Waals surface area (Å²) in [6, 6.07) is 18.7. The Bertz CT molecular complexity index is 1200. The first-order chi connectivity index (χ1) is 15.5. The Labute approximate surface area is 191 Å². The molecule has 1 N–H and O–H groups in total. The van der Waals surface area contributed by atoms with E-state index < -0.39 is 0 Å². The van der Waals surface area contributed by atoms with E-state index in [9.17, 15) is 4.79 Å². The zero-order chi connectivity index (χ0) is 22.5. The largest absolute Gasteiger partial charge is 0.457 e. The monoisotopic (exact) mass is 445 g/mol. The first kappa shape index (κ1) is 21.6. The van der Waals surface area contributed by atoms with E-state index in [0.29, 0.717) is 27.8 Å². The van der Waals surface area contributed by atoms with Crippen LogP contribution in [0.5, 0.6) is 11.5 Å². The maximum absolute atomic E-state index is 12.9. The molecule has 0 aliphatic heterocycles. The van der Waals surface area contributed by atoms with Crippen LogP contribution < -0.4 is 10.1 Å². The number of hydrogen-bond donors (Lipinski definition) is 1. The predicted molar refractivity (Wildman–Crippen MR) is 125 cm³/mol. The second kappa shape index (κ2) is 9.70. The predicted octanol–water partition coefficient (Wildman–Crippen LogP) is 6.33. The van der Waals surface area contributed by atoms with Crippen LogP contribution in [0, 0.1) is 20.8 Å². The molecule has 7 heteroatoms. The van der Waals surface area contributed by atoms with Gasteiger partial charge in [0.1, 0.15) is 22.3 Å². The third-order valence-electron chi connectivity index (χ3n) is 4.92. The van der Waals surface area contributed by atoms with Gasteiger partial charge in [-0.3, -0.25) is 4.79 Å². The van der Waals surface area contributed by atoms with Gasteiger partial charge in [0.25, 0.3) is 5.91 Å². The van der Waals surface area contributed by atoms with Crippen LogP contribution in [0.15, 0.2) is 76.4 Å². The first-order valence-electron chi connectivity index (χ1n) is 10.1. The van der Waals surface area contributed by atoms with Crippen LogP contribution in [0.3, 0.4) is 0 Å². The standard InChI is InChI=1S/C25H23N3O3S/c1-16-6-10-20(11-7-16)30-21-12-8-19(9-13-21)27-24(29)22-5-4-14-26-25(22)32-15-23-17(2)28-31-18(23)3/h4-14H,15H2,1-3H3,(H,27,29). The molecular weight excluding hydrogens is 422 g/mol. The number of carbonyl (C=O) groups excluding carboxylic acids is 1. The maximum Gasteiger partial charge on any atom is 0.258 e. The Hall–Kier alpha value is -3.58. The van der Waals surface area contributed by atoms with Crippen LogP contribution in [0.25, 0.3) is 0 Å². The van der Waals surface area contributed by atoms with Gasteiger partial charge in [-0.1, -0.05) is 22.9 Å². The molecule has 2 aromatic carbocycles. The smallest absolute Gasteiger partial charge is 0.258 e. The molecule has 0 unspecified atom stereocenters. The molecule has 6 nitrogen and oxygen atoms in total. The summed E-state index contributed by atoms with van der Waals surface area (Å²) in [4.78, 5) is 17.3. The van der Waals surface area contributed by atoms with Crippen molar-refractivity contribution in [1.29, 1.82) is 0 Å². The minimum Gasteiger partial charge on any atom is -0.457 e. The van der Waals surface area contributed by atoms with Crippen molar-refractivity contribution in [2.24, 2.45) is 0 Å². The fourth-order valence-electron chi connectivity index (χ4n) is 3.07. The number of ether oxygens (including phenoxy) is 1. The quantitative estimate of drug-likeness (QED) is 0.335. The molecule has 32 heavy (non-hydrogen) atoms. The van der Waals surface area contributed by atoms with Crippen LogP contribution in [0.2, 0.25) is 0 Å². The van der Waals surface area contributed by atoms with Crippen molar-refractivity contribution in [3.05, 3.63) is 95.0 Å². The molecule has 0 saturated heterocycles. The highest BCUT2D eigenvalue weighted by Gasteiger charge is 2.16. The molecule has 0 saturated carbocycles. The van der Waals surface area contributed by atoms with Crippen LogP contribution in [-0.4, -0.2) is 16.0 Å². The lowest BCUT2D eigenvalue weighted by molar-refractivity contribution is 0.102. The molecule has 1 amide bonds. The normalized spacial score (nSPS) is 10.7. The van der Waals surface area contributed by atoms with E-state index in [1.807, 2.05) is 69.3 Å². The van der Waals surface area contributed by atoms with Crippen LogP contribution >= 0.6 is 11.8 Å². The number of thioether (sulfide) groups is 1. The summed E-state index contributed by atoms with van der Waals surface area (Å²) in [5, 5.41) is 7.57. The Kier molecular flexibility index (Phi) is 6.56. The fraction of sp³-hybridized carbons (Fsp3) is 0.160. The Morgan fingerprint density at radius 3 is 2.34 bits per heavy atom. The molecule has 2 aromatic heterocycles. The highest BCUT2D eigenvalue weighted by molar-refractivity contribution is 7.98. The summed E-state index contributed by atoms with van der Waals surface area (Å²) in [7, 11) is 0. The van der Waals surface area contributed by atoms with Gasteiger partial charge in [-0.15, -0.1) is 11.8 Å². The van der Waals surface area contributed by atoms with Crippen LogP contribution in [0.4, 0.5) is 5.69 Å². The number of amides is 1. The Morgan fingerprint density at radius 1 is 1.00 bits per heavy atom. The van der Waals surface area contributed by atoms with E-state index in [1.165, 1.54) is 17.3 Å². The maximum atomic E-state index is 12.9. The zero-order valence-electron chi connectivity index (χ0n) is 18.1. The summed E-state index contributed by atoms with van der Waals surface area (Å²) in [6.45, 7) is 5.82. The number of aryl methyl sites for hydroxylation is 3. The van der Waals surface area contributed by atoms with Crippen molar-refractivity contribution >= 4 is 23.4 Å². The number of pyridine rings is 1. The van der Waals surface area contributed by atoms with Crippen molar-refractivity contribution in [2.45, 2.75) is 31.6 Å². The van der Waals surface area contributed by atoms with E-state index in [0.717, 1.165) is 22.8 Å². The number of hydrogen-bond acceptors (Lipinski definition) is 6. The van der Waals surface area contributed by atoms with Gasteiger partial charge in [0.05, 0.1) is 11.3 Å². The van der Waals surface area contributed by atoms with Crippen molar-refractivity contribution in [2.75, 3.05) is 5.32 Å². The average Bonchev–Trinajstić information content (AvgIpc) is 3.12. The molecule has 0 aliphatic rings. The topological polar surface area (TPSA) is 77.2 Å². The molecule has 2 heterocycles. The number of anilines is 1. The lowest BCUT2D eigenvalue weighted by Crippen LogP contribution is -2.13. The van der Waals surface area contributed by atoms with Gasteiger partial charge in [-0.25, -0.2) is 4.98 Å². The molecule has 0 atom stereocenters. The summed E-state index contributed by atoms with van der Waals surface area (Å²) >= 11 is 1.48. The SMILES string of the molecule is Cc1ccc(Oc2ccc(NC(=O)c3cccnc3SCc3c(C)noc3C)cc2)cc1. The van der Waals surface area contributed by atoms with E-state index >= 15 is 0 Å². The summed E-state index contributed by atoms with van der Waals surface area (Å²) in [5.41, 5.74) is 4.25. The van der Waals surface area contributed by atoms with Gasteiger partial charge < -0.3 is 14.6 Å². The highest BCUT2D eigenvalue weighted by Crippen LogP contribution is 2.28. The Balaban J connectivity index is 1.42. The number of nitrogens with zero attached hydrogens (tertiary/aromatic N) is 2. The van der Waals surface area contributed by atoms with E-state index in [-0.39, 0.29) is 5.91 Å². The molecular formula is C25H23N3O3S. The molecule has 0 spiro atoms. The van der Waals surface area contributed by atoms with Gasteiger partial charge in [0.2, 0.25) is 0 Å². The number of carbonyl (C=O) groups is 1. The molecule has 0 bridgehead atoms. The second-order valence-corrected chi connectivity index (χ2v) is 8.31. The second-order valence-electron chi connectivity index (χ2n) is 7.34. The zero-order valence-corrected chi connectivity index (χ0v) is 18.9. The van der Waals surface area contributed by atoms with Gasteiger partial charge in [0.15, 0.2) is 0 Å². The lowest BCUT2D eigenvalue weighted by atomic mass is 10.2. The lowest BCUT2D eigenvalue weighted by Gasteiger charge is -2.10. The van der Waals surface area contributed by atoms with Crippen molar-refractivity contribution in [3.8, 4) is 11.5 Å². The van der Waals surface area contributed by atoms with E-state index in [2.05, 4.69) is 15.5 Å². The molecule has 0 aliphatic carbocycles. The van der Waals surface area contributed by atoms with Gasteiger partial charge >= 0.3 is 0 Å². The van der Waals surface area contributed by atoms with E-state index in [4.69, 9.17) is 9.26 Å². The van der Waals surface area contributed by atoms with E-state index in [1.54, 1.807) is 18.3 Å². The summed E-state index contributed by atoms with van der Waals surface area (Å²) in [6.07, 6.45) is 1.68. The Morgan fingerprint density at radius 2 is 1.69 bits per heavy atom. The third kappa shape index (κ3) is 5.18.